The highest BCUT2D eigenvalue weighted by atomic mass is 16.6. The summed E-state index contributed by atoms with van der Waals surface area (Å²) >= 11 is 0. The average Bonchev–Trinajstić information content (AvgIpc) is 2.66. The Labute approximate surface area is 116 Å². The van der Waals surface area contributed by atoms with Gasteiger partial charge in [0.25, 0.3) is 0 Å². The van der Waals surface area contributed by atoms with Crippen molar-refractivity contribution in [1.82, 2.24) is 9.78 Å². The van der Waals surface area contributed by atoms with E-state index in [1.54, 1.807) is 13.8 Å². The molecule has 0 fully saturated rings. The van der Waals surface area contributed by atoms with Crippen molar-refractivity contribution in [1.29, 1.82) is 0 Å². The molecule has 8 heteroatoms. The molecule has 0 saturated heterocycles. The fraction of sp³-hybridized carbons (Fsp3) is 0.500. The van der Waals surface area contributed by atoms with Gasteiger partial charge in [-0.25, -0.2) is 4.68 Å². The molecule has 0 aliphatic heterocycles. The van der Waals surface area contributed by atoms with Gasteiger partial charge in [0.15, 0.2) is 0 Å². The summed E-state index contributed by atoms with van der Waals surface area (Å²) in [6.45, 7) is 3.08. The van der Waals surface area contributed by atoms with Gasteiger partial charge in [0.2, 0.25) is 5.82 Å². The van der Waals surface area contributed by atoms with Gasteiger partial charge < -0.3 is 10.0 Å². The van der Waals surface area contributed by atoms with E-state index in [1.165, 1.54) is 16.6 Å². The minimum absolute atomic E-state index is 0.0514. The van der Waals surface area contributed by atoms with Crippen LogP contribution < -0.4 is 4.90 Å². The lowest BCUT2D eigenvalue weighted by molar-refractivity contribution is -0.385. The number of hydrogen-bond acceptors (Lipinski definition) is 5. The van der Waals surface area contributed by atoms with Crippen LogP contribution >= 0.6 is 0 Å². The van der Waals surface area contributed by atoms with Crippen LogP contribution in [0.15, 0.2) is 0 Å². The summed E-state index contributed by atoms with van der Waals surface area (Å²) in [6.07, 6.45) is 5.20. The lowest BCUT2D eigenvalue weighted by atomic mass is 10.1. The number of aliphatic carboxylic acids is 1. The molecule has 0 saturated carbocycles. The molecule has 1 heterocycles. The molecule has 0 radical (unpaired) electrons. The smallest absolute Gasteiger partial charge is 0.334 e. The summed E-state index contributed by atoms with van der Waals surface area (Å²) in [5.74, 6) is 1.13. The molecule has 0 unspecified atom stereocenters. The number of terminal acetylenes is 1. The first-order valence-corrected chi connectivity index (χ1v) is 5.91. The Morgan fingerprint density at radius 2 is 2.25 bits per heavy atom. The number of nitrogens with zero attached hydrogens (tertiary/aromatic N) is 4. The standard InChI is InChI=1S/C12H16N4O4/c1-5-6-15(7-9(17)18)12-11(16(19)20)10(8(2)3)13-14(12)4/h1,8H,6-7H2,2-4H3,(H,17,18). The highest BCUT2D eigenvalue weighted by Crippen LogP contribution is 2.35. The van der Waals surface area contributed by atoms with Crippen LogP contribution in [-0.4, -0.2) is 38.9 Å². The van der Waals surface area contributed by atoms with E-state index in [0.717, 1.165) is 0 Å². The van der Waals surface area contributed by atoms with Crippen molar-refractivity contribution in [3.8, 4) is 12.3 Å². The fourth-order valence-corrected chi connectivity index (χ4v) is 1.92. The largest absolute Gasteiger partial charge is 0.480 e. The van der Waals surface area contributed by atoms with Crippen LogP contribution in [-0.2, 0) is 11.8 Å². The lowest BCUT2D eigenvalue weighted by Crippen LogP contribution is -2.32. The van der Waals surface area contributed by atoms with E-state index in [2.05, 4.69) is 11.0 Å². The van der Waals surface area contributed by atoms with Crippen LogP contribution in [0, 0.1) is 22.5 Å². The zero-order valence-corrected chi connectivity index (χ0v) is 11.5. The molecular formula is C12H16N4O4. The average molecular weight is 280 g/mol. The van der Waals surface area contributed by atoms with Crippen LogP contribution in [0.25, 0.3) is 0 Å². The third-order valence-electron chi connectivity index (χ3n) is 2.66. The first kappa shape index (κ1) is 15.5. The van der Waals surface area contributed by atoms with Gasteiger partial charge in [0.05, 0.1) is 11.5 Å². The van der Waals surface area contributed by atoms with E-state index in [0.29, 0.717) is 5.69 Å². The summed E-state index contributed by atoms with van der Waals surface area (Å²) in [7, 11) is 1.53. The zero-order valence-electron chi connectivity index (χ0n) is 11.5. The Hall–Kier alpha value is -2.56. The second-order valence-corrected chi connectivity index (χ2v) is 4.55. The van der Waals surface area contributed by atoms with Crippen molar-refractivity contribution in [2.45, 2.75) is 19.8 Å². The highest BCUT2D eigenvalue weighted by molar-refractivity contribution is 5.76. The summed E-state index contributed by atoms with van der Waals surface area (Å²) in [4.78, 5) is 22.9. The van der Waals surface area contributed by atoms with E-state index in [-0.39, 0.29) is 24.0 Å². The Balaban J connectivity index is 3.44. The number of rotatable bonds is 6. The molecule has 0 spiro atoms. The minimum atomic E-state index is -1.12. The normalized spacial score (nSPS) is 10.3. The van der Waals surface area contributed by atoms with Gasteiger partial charge in [-0.15, -0.1) is 6.42 Å². The zero-order chi connectivity index (χ0) is 15.4. The van der Waals surface area contributed by atoms with Gasteiger partial charge in [0, 0.05) is 13.0 Å². The van der Waals surface area contributed by atoms with Gasteiger partial charge in [0.1, 0.15) is 12.2 Å². The van der Waals surface area contributed by atoms with Crippen molar-refractivity contribution < 1.29 is 14.8 Å². The number of carbonyl (C=O) groups is 1. The molecule has 0 amide bonds. The van der Waals surface area contributed by atoms with Crippen LogP contribution in [0.5, 0.6) is 0 Å². The molecule has 0 aliphatic rings. The van der Waals surface area contributed by atoms with Crippen molar-refractivity contribution in [3.05, 3.63) is 15.8 Å². The summed E-state index contributed by atoms with van der Waals surface area (Å²) in [5, 5.41) is 24.3. The van der Waals surface area contributed by atoms with E-state index >= 15 is 0 Å². The second kappa shape index (κ2) is 6.06. The number of hydrogen-bond donors (Lipinski definition) is 1. The van der Waals surface area contributed by atoms with Crippen molar-refractivity contribution >= 4 is 17.5 Å². The number of aryl methyl sites for hydroxylation is 1. The molecule has 0 aromatic carbocycles. The highest BCUT2D eigenvalue weighted by Gasteiger charge is 2.32. The number of anilines is 1. The van der Waals surface area contributed by atoms with Crippen LogP contribution in [0.2, 0.25) is 0 Å². The van der Waals surface area contributed by atoms with Crippen molar-refractivity contribution in [2.24, 2.45) is 7.05 Å². The van der Waals surface area contributed by atoms with Crippen molar-refractivity contribution in [3.63, 3.8) is 0 Å². The molecular weight excluding hydrogens is 264 g/mol. The van der Waals surface area contributed by atoms with Gasteiger partial charge in [-0.2, -0.15) is 5.10 Å². The molecule has 1 N–H and O–H groups in total. The first-order valence-electron chi connectivity index (χ1n) is 5.91. The molecule has 1 rings (SSSR count). The van der Waals surface area contributed by atoms with Gasteiger partial charge in [-0.3, -0.25) is 14.9 Å². The van der Waals surface area contributed by atoms with Gasteiger partial charge in [-0.05, 0) is 0 Å². The molecule has 0 bridgehead atoms. The van der Waals surface area contributed by atoms with Gasteiger partial charge >= 0.3 is 11.7 Å². The molecule has 108 valence electrons. The van der Waals surface area contributed by atoms with E-state index < -0.39 is 17.4 Å². The van der Waals surface area contributed by atoms with E-state index in [1.807, 2.05) is 0 Å². The first-order chi connectivity index (χ1) is 9.29. The number of nitro groups is 1. The predicted molar refractivity (Wildman–Crippen MR) is 72.6 cm³/mol. The molecule has 20 heavy (non-hydrogen) atoms. The van der Waals surface area contributed by atoms with E-state index in [4.69, 9.17) is 11.5 Å². The molecule has 1 aromatic rings. The summed E-state index contributed by atoms with van der Waals surface area (Å²) < 4.78 is 1.30. The van der Waals surface area contributed by atoms with E-state index in [9.17, 15) is 14.9 Å². The third-order valence-corrected chi connectivity index (χ3v) is 2.66. The Bertz CT molecular complexity index is 571. The quantitative estimate of drug-likeness (QED) is 0.473. The maximum absolute atomic E-state index is 11.3. The SMILES string of the molecule is C#CCN(CC(=O)O)c1c([N+](=O)[O-])c(C(C)C)nn1C. The Morgan fingerprint density at radius 1 is 1.65 bits per heavy atom. The summed E-state index contributed by atoms with van der Waals surface area (Å²) in [6, 6.07) is 0. The second-order valence-electron chi connectivity index (χ2n) is 4.55. The third kappa shape index (κ3) is 3.06. The number of carboxylic acids is 1. The monoisotopic (exact) mass is 280 g/mol. The summed E-state index contributed by atoms with van der Waals surface area (Å²) in [5.41, 5.74) is 0.110. The predicted octanol–water partition coefficient (Wildman–Crippen LogP) is 0.976. The number of aromatic nitrogens is 2. The number of carboxylic acid groups (broad SMARTS) is 1. The van der Waals surface area contributed by atoms with Crippen LogP contribution in [0.4, 0.5) is 11.5 Å². The molecule has 0 atom stereocenters. The lowest BCUT2D eigenvalue weighted by Gasteiger charge is -2.18. The fourth-order valence-electron chi connectivity index (χ4n) is 1.92. The maximum atomic E-state index is 11.3. The van der Waals surface area contributed by atoms with Crippen molar-refractivity contribution in [2.75, 3.05) is 18.0 Å². The van der Waals surface area contributed by atoms with Crippen LogP contribution in [0.1, 0.15) is 25.5 Å². The van der Waals surface area contributed by atoms with Gasteiger partial charge in [-0.1, -0.05) is 19.8 Å². The molecule has 8 nitrogen and oxygen atoms in total. The van der Waals surface area contributed by atoms with Crippen LogP contribution in [0.3, 0.4) is 0 Å². The maximum Gasteiger partial charge on any atom is 0.334 e. The minimum Gasteiger partial charge on any atom is -0.480 e. The molecule has 1 aromatic heterocycles. The Kier molecular flexibility index (Phi) is 4.69. The molecule has 0 aliphatic carbocycles. The topological polar surface area (TPSA) is 102 Å². The Morgan fingerprint density at radius 3 is 2.65 bits per heavy atom.